The maximum Gasteiger partial charge on any atom is 0.386 e. The van der Waals surface area contributed by atoms with E-state index < -0.39 is 43.9 Å². The van der Waals surface area contributed by atoms with Crippen LogP contribution in [-0.2, 0) is 41.7 Å². The van der Waals surface area contributed by atoms with Gasteiger partial charge in [0, 0.05) is 47.6 Å². The number of nitrogens with one attached hydrogen (secondary N) is 1. The van der Waals surface area contributed by atoms with Crippen LogP contribution in [0.15, 0.2) is 52.4 Å². The van der Waals surface area contributed by atoms with Crippen molar-refractivity contribution in [1.29, 1.82) is 0 Å². The summed E-state index contributed by atoms with van der Waals surface area (Å²) in [6.07, 6.45) is 2.08. The van der Waals surface area contributed by atoms with Gasteiger partial charge in [-0.15, -0.1) is 4.62 Å². The predicted molar refractivity (Wildman–Crippen MR) is 131 cm³/mol. The Labute approximate surface area is 227 Å². The van der Waals surface area contributed by atoms with Crippen LogP contribution in [0.3, 0.4) is 0 Å². The van der Waals surface area contributed by atoms with E-state index in [0.717, 1.165) is 5.56 Å². The van der Waals surface area contributed by atoms with Crippen LogP contribution in [0.1, 0.15) is 29.3 Å². The summed E-state index contributed by atoms with van der Waals surface area (Å²) in [7, 11) is -3.79. The zero-order chi connectivity index (χ0) is 25.2. The van der Waals surface area contributed by atoms with Gasteiger partial charge < -0.3 is 20.8 Å². The zero-order valence-electron chi connectivity index (χ0n) is 20.6. The molecule has 3 aromatic heterocycles. The second kappa shape index (κ2) is 14.0. The van der Waals surface area contributed by atoms with Gasteiger partial charge in [0.25, 0.3) is 5.56 Å². The molecule has 1 fully saturated rings. The molecule has 16 heteroatoms. The van der Waals surface area contributed by atoms with Gasteiger partial charge in [-0.25, -0.2) is 10.7 Å². The molecule has 3 aromatic rings. The Morgan fingerprint density at radius 3 is 2.47 bits per heavy atom. The van der Waals surface area contributed by atoms with Crippen LogP contribution >= 0.6 is 7.60 Å². The normalized spacial score (nSPS) is 19.9. The minimum atomic E-state index is -3.79. The molecule has 4 heterocycles. The van der Waals surface area contributed by atoms with Gasteiger partial charge in [-0.3, -0.25) is 33.4 Å². The van der Waals surface area contributed by atoms with E-state index in [2.05, 4.69) is 20.8 Å². The van der Waals surface area contributed by atoms with E-state index >= 15 is 0 Å². The molecule has 0 bridgehead atoms. The summed E-state index contributed by atoms with van der Waals surface area (Å²) in [5.74, 6) is 3.34. The summed E-state index contributed by atoms with van der Waals surface area (Å²) in [4.78, 5) is 34.8. The monoisotopic (exact) mass is 603 g/mol. The van der Waals surface area contributed by atoms with Gasteiger partial charge in [0.2, 0.25) is 0 Å². The molecule has 38 heavy (non-hydrogen) atoms. The third-order valence-electron chi connectivity index (χ3n) is 5.69. The van der Waals surface area contributed by atoms with E-state index in [1.807, 2.05) is 19.1 Å². The molecule has 213 valence electrons. The molecule has 1 aliphatic rings. The summed E-state index contributed by atoms with van der Waals surface area (Å²) >= 11 is 0. The molecule has 0 amide bonds. The molecule has 1 radical (unpaired) electrons. The number of aliphatic hydroxyl groups is 1. The molecule has 0 saturated carbocycles. The van der Waals surface area contributed by atoms with Crippen molar-refractivity contribution in [1.82, 2.24) is 19.5 Å². The number of hydrogen-bond donors (Lipinski definition) is 3. The molecule has 0 aliphatic carbocycles. The van der Waals surface area contributed by atoms with E-state index in [4.69, 9.17) is 13.9 Å². The number of aryl methyl sites for hydroxylation is 2. The van der Waals surface area contributed by atoms with E-state index in [1.54, 1.807) is 31.5 Å². The molecule has 9 N–H and O–H groups in total. The second-order valence-corrected chi connectivity index (χ2v) is 10.3. The van der Waals surface area contributed by atoms with Gasteiger partial charge in [0.1, 0.15) is 18.4 Å². The van der Waals surface area contributed by atoms with Crippen molar-refractivity contribution in [2.24, 2.45) is 0 Å². The van der Waals surface area contributed by atoms with Crippen molar-refractivity contribution in [2.45, 2.75) is 44.9 Å². The number of pyridine rings is 2. The average molecular weight is 604 g/mol. The van der Waals surface area contributed by atoms with Crippen LogP contribution < -0.4 is 17.1 Å². The first-order chi connectivity index (χ1) is 16.7. The van der Waals surface area contributed by atoms with Crippen molar-refractivity contribution < 1.29 is 57.5 Å². The van der Waals surface area contributed by atoms with Crippen LogP contribution in [0.25, 0.3) is 11.4 Å². The molecular weight excluding hydrogens is 573 g/mol. The number of quaternary nitrogens is 1. The fraction of sp³-hybridized carbons (Fsp3) is 0.364. The number of H-pyrrole nitrogens is 1. The summed E-state index contributed by atoms with van der Waals surface area (Å²) in [6, 6.07) is 7.21. The van der Waals surface area contributed by atoms with Crippen LogP contribution in [0.4, 0.5) is 0 Å². The molecule has 14 nitrogen and oxygen atoms in total. The number of hydrogen-bond acceptors (Lipinski definition) is 9. The summed E-state index contributed by atoms with van der Waals surface area (Å²) in [5, 5.41) is 9.80. The van der Waals surface area contributed by atoms with E-state index in [0.29, 0.717) is 22.5 Å². The van der Waals surface area contributed by atoms with Crippen LogP contribution in [0.2, 0.25) is 0 Å². The van der Waals surface area contributed by atoms with Gasteiger partial charge >= 0.3 is 13.3 Å². The molecule has 3 unspecified atom stereocenters. The maximum absolute atomic E-state index is 13.5. The zero-order valence-corrected chi connectivity index (χ0v) is 22.4. The fourth-order valence-electron chi connectivity index (χ4n) is 3.88. The Morgan fingerprint density at radius 2 is 1.84 bits per heavy atom. The summed E-state index contributed by atoms with van der Waals surface area (Å²) in [6.45, 7) is 3.07. The first kappa shape index (κ1) is 33.5. The van der Waals surface area contributed by atoms with Crippen LogP contribution in [-0.4, -0.2) is 54.4 Å². The molecule has 0 aromatic carbocycles. The predicted octanol–water partition coefficient (Wildman–Crippen LogP) is -0.810. The minimum absolute atomic E-state index is 0. The van der Waals surface area contributed by atoms with Gasteiger partial charge in [-0.1, -0.05) is 0 Å². The second-order valence-electron chi connectivity index (χ2n) is 8.34. The van der Waals surface area contributed by atoms with Crippen LogP contribution in [0.5, 0.6) is 0 Å². The molecule has 1 saturated heterocycles. The number of aliphatic hydroxyl groups excluding tert-OH is 1. The third kappa shape index (κ3) is 7.52. The first-order valence-electron chi connectivity index (χ1n) is 10.9. The van der Waals surface area contributed by atoms with Crippen molar-refractivity contribution in [3.63, 3.8) is 0 Å². The Balaban J connectivity index is 0.00000241. The number of aromatic amines is 1. The molecule has 0 spiro atoms. The maximum atomic E-state index is 13.5. The van der Waals surface area contributed by atoms with Gasteiger partial charge in [-0.05, 0) is 49.2 Å². The Kier molecular flexibility index (Phi) is 12.3. The minimum Gasteiger partial charge on any atom is -0.412 e. The summed E-state index contributed by atoms with van der Waals surface area (Å²) < 4.78 is 31.3. The van der Waals surface area contributed by atoms with Crippen LogP contribution in [0, 0.1) is 13.8 Å². The van der Waals surface area contributed by atoms with Crippen molar-refractivity contribution in [3.8, 4) is 11.4 Å². The molecule has 4 atom stereocenters. The largest absolute Gasteiger partial charge is 0.412 e. The van der Waals surface area contributed by atoms with E-state index in [-0.39, 0.29) is 40.6 Å². The Hall–Kier alpha value is -2.55. The van der Waals surface area contributed by atoms with Gasteiger partial charge in [0.05, 0.1) is 24.2 Å². The SMILES string of the molecule is Cc1ccnc(-c2cc(CP(=O)(O[NH3+])O[C@@H]3CC(n4cc(C)c(=O)[nH]c4=O)OC3CO)ccn2)c1.O.O.[Cu]. The third-order valence-corrected chi connectivity index (χ3v) is 7.43. The Bertz CT molecular complexity index is 1390. The summed E-state index contributed by atoms with van der Waals surface area (Å²) in [5.41, 5.74) is 2.10. The molecule has 1 aliphatic heterocycles. The van der Waals surface area contributed by atoms with Crippen molar-refractivity contribution in [3.05, 3.63) is 80.4 Å². The average Bonchev–Trinajstić information content (AvgIpc) is 3.23. The smallest absolute Gasteiger partial charge is 0.386 e. The topological polar surface area (TPSA) is 236 Å². The van der Waals surface area contributed by atoms with E-state index in [1.165, 1.54) is 10.8 Å². The van der Waals surface area contributed by atoms with Gasteiger partial charge in [-0.2, -0.15) is 0 Å². The number of nitrogens with zero attached hydrogens (tertiary/aromatic N) is 3. The fourth-order valence-corrected chi connectivity index (χ4v) is 5.38. The van der Waals surface area contributed by atoms with E-state index in [9.17, 15) is 19.3 Å². The Morgan fingerprint density at radius 1 is 1.18 bits per heavy atom. The quantitative estimate of drug-likeness (QED) is 0.165. The number of aromatic nitrogens is 4. The number of ether oxygens (including phenoxy) is 1. The van der Waals surface area contributed by atoms with Gasteiger partial charge in [0.15, 0.2) is 0 Å². The number of rotatable bonds is 8. The van der Waals surface area contributed by atoms with Crippen molar-refractivity contribution >= 4 is 7.60 Å². The van der Waals surface area contributed by atoms with Crippen molar-refractivity contribution in [2.75, 3.05) is 6.61 Å². The first-order valence-corrected chi connectivity index (χ1v) is 12.6. The molecular formula is C22H31CuN5O9P+. The molecule has 4 rings (SSSR count). The standard InChI is InChI=1S/C22H26N5O7P.Cu.2H2O/c1-13-3-5-24-16(7-13)17-8-15(4-6-25-17)12-35(31,34-23)33-18-9-20(32-19(18)11-28)27-10-14(2)21(29)26-22(27)30;;;/h3-8,10,18-20,28H,9,11-12H2,1-2,23H3;;2*1H2/p+1/t18-,19?,20?,35?;;;/m1.../s1.